The van der Waals surface area contributed by atoms with Crippen LogP contribution in [0.2, 0.25) is 10.0 Å². The molecule has 2 N–H and O–H groups in total. The topological polar surface area (TPSA) is 102 Å². The summed E-state index contributed by atoms with van der Waals surface area (Å²) in [4.78, 5) is 17.1. The molecule has 0 unspecified atom stereocenters. The van der Waals surface area contributed by atoms with E-state index in [2.05, 4.69) is 10.3 Å². The van der Waals surface area contributed by atoms with Gasteiger partial charge in [-0.15, -0.1) is 0 Å². The largest absolute Gasteiger partial charge is 0.497 e. The van der Waals surface area contributed by atoms with Crippen LogP contribution in [0, 0.1) is 0 Å². The number of urea groups is 1. The standard InChI is InChI=1S/C25H22Cl2N4O4S/c1-35-19-12-10-18(11-13-19)31-15-14-28-24(31)21(16-17-6-3-2-4-7-17)29-25(32)30-36(33,34)22-9-5-8-20(26)23(22)27/h2-15,21H,16H2,1H3,(H2,29,30,32)/t21-/m0/s1. The molecule has 0 aliphatic heterocycles. The van der Waals surface area contributed by atoms with E-state index in [-0.39, 0.29) is 14.9 Å². The van der Waals surface area contributed by atoms with Crippen molar-refractivity contribution in [2.24, 2.45) is 0 Å². The minimum Gasteiger partial charge on any atom is -0.497 e. The third-order valence-electron chi connectivity index (χ3n) is 5.35. The fraction of sp³-hybridized carbons (Fsp3) is 0.120. The van der Waals surface area contributed by atoms with Gasteiger partial charge < -0.3 is 14.6 Å². The monoisotopic (exact) mass is 544 g/mol. The fourth-order valence-corrected chi connectivity index (χ4v) is 5.32. The van der Waals surface area contributed by atoms with Gasteiger partial charge in [-0.1, -0.05) is 59.6 Å². The average Bonchev–Trinajstić information content (AvgIpc) is 3.35. The quantitative estimate of drug-likeness (QED) is 0.319. The van der Waals surface area contributed by atoms with Crippen molar-refractivity contribution in [2.75, 3.05) is 7.11 Å². The van der Waals surface area contributed by atoms with E-state index in [1.165, 1.54) is 18.2 Å². The van der Waals surface area contributed by atoms with Crippen LogP contribution in [0.5, 0.6) is 5.75 Å². The summed E-state index contributed by atoms with van der Waals surface area (Å²) in [5.74, 6) is 1.21. The zero-order valence-corrected chi connectivity index (χ0v) is 21.4. The number of nitrogens with one attached hydrogen (secondary N) is 2. The molecule has 2 amide bonds. The number of methoxy groups -OCH3 is 1. The molecular formula is C25H22Cl2N4O4S. The Kier molecular flexibility index (Phi) is 7.83. The van der Waals surface area contributed by atoms with Crippen LogP contribution in [-0.4, -0.2) is 31.1 Å². The van der Waals surface area contributed by atoms with Gasteiger partial charge in [-0.2, -0.15) is 0 Å². The molecule has 4 aromatic rings. The molecule has 0 aliphatic carbocycles. The van der Waals surface area contributed by atoms with Crippen LogP contribution in [0.3, 0.4) is 0 Å². The lowest BCUT2D eigenvalue weighted by molar-refractivity contribution is 0.241. The van der Waals surface area contributed by atoms with Crippen molar-refractivity contribution in [1.29, 1.82) is 0 Å². The average molecular weight is 545 g/mol. The number of carbonyl (C=O) groups is 1. The predicted octanol–water partition coefficient (Wildman–Crippen LogP) is 5.16. The summed E-state index contributed by atoms with van der Waals surface area (Å²) >= 11 is 12.0. The number of sulfonamides is 1. The molecule has 0 radical (unpaired) electrons. The van der Waals surface area contributed by atoms with E-state index in [4.69, 9.17) is 27.9 Å². The number of nitrogens with zero attached hydrogens (tertiary/aromatic N) is 2. The van der Waals surface area contributed by atoms with Crippen LogP contribution in [0.4, 0.5) is 4.79 Å². The Morgan fingerprint density at radius 1 is 1.03 bits per heavy atom. The summed E-state index contributed by atoms with van der Waals surface area (Å²) in [6.45, 7) is 0. The highest BCUT2D eigenvalue weighted by molar-refractivity contribution is 7.90. The Hall–Kier alpha value is -3.53. The number of hydrogen-bond donors (Lipinski definition) is 2. The van der Waals surface area contributed by atoms with E-state index in [0.717, 1.165) is 11.3 Å². The molecule has 0 aliphatic rings. The molecule has 0 bridgehead atoms. The Bertz CT molecular complexity index is 1460. The number of ether oxygens (including phenoxy) is 1. The van der Waals surface area contributed by atoms with Crippen LogP contribution in [0.25, 0.3) is 5.69 Å². The molecule has 0 fully saturated rings. The lowest BCUT2D eigenvalue weighted by atomic mass is 10.1. The second-order valence-electron chi connectivity index (χ2n) is 7.73. The number of carbonyl (C=O) groups excluding carboxylic acids is 1. The summed E-state index contributed by atoms with van der Waals surface area (Å²) in [6.07, 6.45) is 3.73. The van der Waals surface area contributed by atoms with E-state index < -0.39 is 22.1 Å². The maximum atomic E-state index is 12.9. The first-order chi connectivity index (χ1) is 17.3. The summed E-state index contributed by atoms with van der Waals surface area (Å²) in [6, 6.07) is 19.4. The van der Waals surface area contributed by atoms with Crippen molar-refractivity contribution in [3.63, 3.8) is 0 Å². The van der Waals surface area contributed by atoms with Crippen molar-refractivity contribution in [1.82, 2.24) is 19.6 Å². The summed E-state index contributed by atoms with van der Waals surface area (Å²) < 4.78 is 34.7. The predicted molar refractivity (Wildman–Crippen MR) is 138 cm³/mol. The molecule has 0 spiro atoms. The molecule has 186 valence electrons. The molecule has 1 aromatic heterocycles. The van der Waals surface area contributed by atoms with Crippen molar-refractivity contribution >= 4 is 39.3 Å². The van der Waals surface area contributed by atoms with Gasteiger partial charge in [0.25, 0.3) is 10.0 Å². The molecule has 1 atom stereocenters. The first-order valence-electron chi connectivity index (χ1n) is 10.8. The van der Waals surface area contributed by atoms with E-state index in [0.29, 0.717) is 18.0 Å². The Morgan fingerprint density at radius 2 is 1.75 bits per heavy atom. The zero-order valence-electron chi connectivity index (χ0n) is 19.1. The minimum atomic E-state index is -4.29. The minimum absolute atomic E-state index is 0.0587. The number of benzene rings is 3. The fourth-order valence-electron chi connectivity index (χ4n) is 3.65. The van der Waals surface area contributed by atoms with Crippen molar-refractivity contribution < 1.29 is 17.9 Å². The van der Waals surface area contributed by atoms with Crippen LogP contribution in [0.1, 0.15) is 17.4 Å². The molecule has 4 rings (SSSR count). The van der Waals surface area contributed by atoms with Crippen molar-refractivity contribution in [3.8, 4) is 11.4 Å². The second kappa shape index (κ2) is 11.0. The summed E-state index contributed by atoms with van der Waals surface area (Å²) in [5.41, 5.74) is 1.72. The van der Waals surface area contributed by atoms with Crippen molar-refractivity contribution in [3.05, 3.63) is 107 Å². The van der Waals surface area contributed by atoms with Crippen LogP contribution >= 0.6 is 23.2 Å². The first kappa shape index (κ1) is 25.6. The molecule has 36 heavy (non-hydrogen) atoms. The van der Waals surface area contributed by atoms with Gasteiger partial charge in [0.2, 0.25) is 0 Å². The number of rotatable bonds is 8. The number of amides is 2. The van der Waals surface area contributed by atoms with E-state index >= 15 is 0 Å². The second-order valence-corrected chi connectivity index (χ2v) is 10.2. The van der Waals surface area contributed by atoms with Crippen molar-refractivity contribution in [2.45, 2.75) is 17.4 Å². The van der Waals surface area contributed by atoms with Crippen LogP contribution in [-0.2, 0) is 16.4 Å². The third-order valence-corrected chi connectivity index (χ3v) is 7.66. The van der Waals surface area contributed by atoms with Gasteiger partial charge in [-0.25, -0.2) is 22.9 Å². The molecule has 3 aromatic carbocycles. The van der Waals surface area contributed by atoms with Gasteiger partial charge in [0.15, 0.2) is 0 Å². The highest BCUT2D eigenvalue weighted by Crippen LogP contribution is 2.29. The Morgan fingerprint density at radius 3 is 2.44 bits per heavy atom. The van der Waals surface area contributed by atoms with Gasteiger partial charge >= 0.3 is 6.03 Å². The number of aromatic nitrogens is 2. The number of halogens is 2. The SMILES string of the molecule is COc1ccc(-n2ccnc2[C@H](Cc2ccccc2)NC(=O)NS(=O)(=O)c2cccc(Cl)c2Cl)cc1. The highest BCUT2D eigenvalue weighted by atomic mass is 35.5. The first-order valence-corrected chi connectivity index (χ1v) is 13.0. The van der Waals surface area contributed by atoms with Gasteiger partial charge in [-0.05, 0) is 48.4 Å². The molecule has 1 heterocycles. The third kappa shape index (κ3) is 5.81. The summed E-state index contributed by atoms with van der Waals surface area (Å²) in [7, 11) is -2.71. The smallest absolute Gasteiger partial charge is 0.329 e. The number of hydrogen-bond acceptors (Lipinski definition) is 5. The van der Waals surface area contributed by atoms with E-state index in [9.17, 15) is 13.2 Å². The molecule has 0 saturated carbocycles. The number of imidazole rings is 1. The zero-order chi connectivity index (χ0) is 25.7. The highest BCUT2D eigenvalue weighted by Gasteiger charge is 2.26. The molecular weight excluding hydrogens is 523 g/mol. The van der Waals surface area contributed by atoms with Gasteiger partial charge in [-0.3, -0.25) is 0 Å². The Labute approximate surface area is 218 Å². The van der Waals surface area contributed by atoms with Crippen LogP contribution < -0.4 is 14.8 Å². The molecule has 8 nitrogen and oxygen atoms in total. The van der Waals surface area contributed by atoms with Gasteiger partial charge in [0.1, 0.15) is 16.5 Å². The van der Waals surface area contributed by atoms with Gasteiger partial charge in [0, 0.05) is 18.1 Å². The van der Waals surface area contributed by atoms with Crippen LogP contribution in [0.15, 0.2) is 90.1 Å². The Balaban J connectivity index is 1.63. The molecule has 0 saturated heterocycles. The molecule has 11 heteroatoms. The normalized spacial score (nSPS) is 12.1. The van der Waals surface area contributed by atoms with Gasteiger partial charge in [0.05, 0.1) is 23.2 Å². The summed E-state index contributed by atoms with van der Waals surface area (Å²) in [5, 5.41) is 2.64. The lowest BCUT2D eigenvalue weighted by Crippen LogP contribution is -2.42. The maximum Gasteiger partial charge on any atom is 0.329 e. The maximum absolute atomic E-state index is 12.9. The van der Waals surface area contributed by atoms with E-state index in [1.807, 2.05) is 63.9 Å². The van der Waals surface area contributed by atoms with E-state index in [1.54, 1.807) is 19.5 Å². The lowest BCUT2D eigenvalue weighted by Gasteiger charge is -2.21.